The number of piperidine rings is 1. The van der Waals surface area contributed by atoms with Crippen molar-refractivity contribution in [3.63, 3.8) is 0 Å². The van der Waals surface area contributed by atoms with Gasteiger partial charge in [0.05, 0.1) is 36.8 Å². The summed E-state index contributed by atoms with van der Waals surface area (Å²) in [5.74, 6) is -0.284. The number of rotatable bonds is 8. The van der Waals surface area contributed by atoms with Crippen LogP contribution < -0.4 is 15.3 Å². The van der Waals surface area contributed by atoms with Gasteiger partial charge in [-0.05, 0) is 80.3 Å². The number of ether oxygens (including phenoxy) is 1. The van der Waals surface area contributed by atoms with E-state index in [9.17, 15) is 9.28 Å². The summed E-state index contributed by atoms with van der Waals surface area (Å²) < 4.78 is 20.3. The maximum Gasteiger partial charge on any atom is 0.255 e. The summed E-state index contributed by atoms with van der Waals surface area (Å²) in [7, 11) is 0. The first-order chi connectivity index (χ1) is 18.6. The summed E-state index contributed by atoms with van der Waals surface area (Å²) in [4.78, 5) is 22.5. The molecule has 0 saturated carbocycles. The second-order valence-electron chi connectivity index (χ2n) is 10.0. The van der Waals surface area contributed by atoms with Gasteiger partial charge in [-0.25, -0.2) is 5.12 Å². The van der Waals surface area contributed by atoms with Crippen molar-refractivity contribution in [1.82, 2.24) is 9.88 Å². The van der Waals surface area contributed by atoms with Crippen molar-refractivity contribution >= 4 is 23.0 Å². The molecule has 0 bridgehead atoms. The molecule has 3 heterocycles. The molecule has 2 fully saturated rings. The molecule has 0 atom stereocenters. The van der Waals surface area contributed by atoms with Crippen LogP contribution in [0.4, 0.5) is 21.5 Å². The Morgan fingerprint density at radius 2 is 1.84 bits per heavy atom. The number of carbonyl (C=O) groups is 1. The van der Waals surface area contributed by atoms with Crippen molar-refractivity contribution in [2.75, 3.05) is 67.8 Å². The molecule has 0 unspecified atom stereocenters. The van der Waals surface area contributed by atoms with E-state index in [0.29, 0.717) is 41.8 Å². The molecule has 8 heteroatoms. The Morgan fingerprint density at radius 1 is 1.03 bits per heavy atom. The van der Waals surface area contributed by atoms with Crippen LogP contribution in [0.15, 0.2) is 60.8 Å². The SMILES string of the molecule is Cc1ccnc(-c2cc(N3CCCCC3)ccc2NC(=O)c2cccc(N(F)CCN3CCOCC3)c2)c1. The molecule has 5 rings (SSSR count). The predicted octanol–water partition coefficient (Wildman–Crippen LogP) is 5.32. The molecule has 38 heavy (non-hydrogen) atoms. The van der Waals surface area contributed by atoms with Gasteiger partial charge in [0.25, 0.3) is 5.91 Å². The average Bonchev–Trinajstić information content (AvgIpc) is 2.97. The van der Waals surface area contributed by atoms with Crippen LogP contribution in [0.2, 0.25) is 0 Å². The predicted molar refractivity (Wildman–Crippen MR) is 151 cm³/mol. The second kappa shape index (κ2) is 12.4. The van der Waals surface area contributed by atoms with Crippen molar-refractivity contribution in [3.05, 3.63) is 71.9 Å². The molecule has 2 aliphatic heterocycles. The van der Waals surface area contributed by atoms with Crippen molar-refractivity contribution in [3.8, 4) is 11.3 Å². The fourth-order valence-corrected chi connectivity index (χ4v) is 5.06. The van der Waals surface area contributed by atoms with E-state index in [1.807, 2.05) is 25.1 Å². The van der Waals surface area contributed by atoms with Gasteiger partial charge in [0.15, 0.2) is 0 Å². The molecule has 3 aromatic rings. The smallest absolute Gasteiger partial charge is 0.255 e. The maximum atomic E-state index is 14.9. The number of anilines is 3. The van der Waals surface area contributed by atoms with Crippen LogP contribution in [-0.2, 0) is 4.74 Å². The molecule has 7 nitrogen and oxygen atoms in total. The van der Waals surface area contributed by atoms with Crippen molar-refractivity contribution in [2.45, 2.75) is 26.2 Å². The summed E-state index contributed by atoms with van der Waals surface area (Å²) in [6, 6.07) is 16.8. The molecule has 1 N–H and O–H groups in total. The largest absolute Gasteiger partial charge is 0.379 e. The van der Waals surface area contributed by atoms with Crippen LogP contribution in [0, 0.1) is 6.92 Å². The fraction of sp³-hybridized carbons (Fsp3) is 0.400. The van der Waals surface area contributed by atoms with E-state index in [-0.39, 0.29) is 12.5 Å². The lowest BCUT2D eigenvalue weighted by Crippen LogP contribution is -2.40. The third kappa shape index (κ3) is 6.49. The van der Waals surface area contributed by atoms with Gasteiger partial charge in [0, 0.05) is 55.7 Å². The number of carbonyl (C=O) groups excluding carboxylic acids is 1. The average molecular weight is 518 g/mol. The molecule has 0 aliphatic carbocycles. The minimum absolute atomic E-state index is 0.228. The number of nitrogens with one attached hydrogen (secondary N) is 1. The summed E-state index contributed by atoms with van der Waals surface area (Å²) in [5, 5.41) is 3.77. The summed E-state index contributed by atoms with van der Waals surface area (Å²) >= 11 is 0. The quantitative estimate of drug-likeness (QED) is 0.408. The van der Waals surface area contributed by atoms with Crippen LogP contribution in [0.5, 0.6) is 0 Å². The highest BCUT2D eigenvalue weighted by Gasteiger charge is 2.18. The molecule has 0 radical (unpaired) electrons. The third-order valence-electron chi connectivity index (χ3n) is 7.27. The lowest BCUT2D eigenvalue weighted by Gasteiger charge is -2.29. The Kier molecular flexibility index (Phi) is 8.51. The Morgan fingerprint density at radius 3 is 2.63 bits per heavy atom. The highest BCUT2D eigenvalue weighted by Crippen LogP contribution is 2.33. The molecule has 200 valence electrons. The van der Waals surface area contributed by atoms with E-state index >= 15 is 0 Å². The number of aromatic nitrogens is 1. The number of hydrogen-bond acceptors (Lipinski definition) is 6. The molecule has 2 aliphatic rings. The Bertz CT molecular complexity index is 1240. The van der Waals surface area contributed by atoms with Gasteiger partial charge in [0.2, 0.25) is 0 Å². The number of amides is 1. The van der Waals surface area contributed by atoms with Crippen molar-refractivity contribution in [2.24, 2.45) is 0 Å². The van der Waals surface area contributed by atoms with Gasteiger partial charge in [-0.3, -0.25) is 14.7 Å². The van der Waals surface area contributed by atoms with Crippen LogP contribution in [0.1, 0.15) is 35.2 Å². The zero-order chi connectivity index (χ0) is 26.3. The van der Waals surface area contributed by atoms with Crippen LogP contribution >= 0.6 is 0 Å². The summed E-state index contributed by atoms with van der Waals surface area (Å²) in [5.41, 5.74) is 5.38. The Hall–Kier alpha value is -3.49. The number of morpholine rings is 1. The summed E-state index contributed by atoms with van der Waals surface area (Å²) in [6.45, 7) is 7.91. The first-order valence-electron chi connectivity index (χ1n) is 13.5. The van der Waals surface area contributed by atoms with E-state index in [4.69, 9.17) is 4.74 Å². The van der Waals surface area contributed by atoms with E-state index < -0.39 is 0 Å². The van der Waals surface area contributed by atoms with E-state index in [0.717, 1.165) is 48.7 Å². The molecule has 0 spiro atoms. The Labute approximate surface area is 224 Å². The molecule has 2 aromatic carbocycles. The molecule has 1 aromatic heterocycles. The highest BCUT2D eigenvalue weighted by atomic mass is 19.2. The van der Waals surface area contributed by atoms with E-state index in [1.165, 1.54) is 19.3 Å². The normalized spacial score (nSPS) is 16.3. The minimum Gasteiger partial charge on any atom is -0.379 e. The van der Waals surface area contributed by atoms with Crippen molar-refractivity contribution in [1.29, 1.82) is 0 Å². The van der Waals surface area contributed by atoms with Gasteiger partial charge >= 0.3 is 0 Å². The molecular weight excluding hydrogens is 481 g/mol. The monoisotopic (exact) mass is 517 g/mol. The lowest BCUT2D eigenvalue weighted by atomic mass is 10.0. The molecule has 2 saturated heterocycles. The fourth-order valence-electron chi connectivity index (χ4n) is 5.06. The zero-order valence-electron chi connectivity index (χ0n) is 22.0. The summed E-state index contributed by atoms with van der Waals surface area (Å²) in [6.07, 6.45) is 5.43. The number of aryl methyl sites for hydroxylation is 1. The van der Waals surface area contributed by atoms with Gasteiger partial charge in [-0.15, -0.1) is 0 Å². The highest BCUT2D eigenvalue weighted by molar-refractivity contribution is 6.06. The molecular formula is C30H36FN5O2. The number of hydrogen-bond donors (Lipinski definition) is 1. The molecule has 1 amide bonds. The van der Waals surface area contributed by atoms with Gasteiger partial charge in [-0.1, -0.05) is 10.5 Å². The topological polar surface area (TPSA) is 60.9 Å². The van der Waals surface area contributed by atoms with Gasteiger partial charge < -0.3 is 15.0 Å². The first-order valence-corrected chi connectivity index (χ1v) is 13.5. The van der Waals surface area contributed by atoms with E-state index in [1.54, 1.807) is 30.5 Å². The van der Waals surface area contributed by atoms with Crippen LogP contribution in [0.25, 0.3) is 11.3 Å². The van der Waals surface area contributed by atoms with Crippen LogP contribution in [-0.4, -0.2) is 68.3 Å². The lowest BCUT2D eigenvalue weighted by molar-refractivity contribution is 0.0381. The van der Waals surface area contributed by atoms with Crippen molar-refractivity contribution < 1.29 is 14.0 Å². The minimum atomic E-state index is -0.284. The van der Waals surface area contributed by atoms with E-state index in [2.05, 4.69) is 32.2 Å². The third-order valence-corrected chi connectivity index (χ3v) is 7.27. The zero-order valence-corrected chi connectivity index (χ0v) is 22.0. The Balaban J connectivity index is 1.34. The number of benzene rings is 2. The van der Waals surface area contributed by atoms with Gasteiger partial charge in [0.1, 0.15) is 0 Å². The maximum absolute atomic E-state index is 14.9. The number of halogens is 1. The number of pyridine rings is 1. The van der Waals surface area contributed by atoms with Gasteiger partial charge in [-0.2, -0.15) is 0 Å². The standard InChI is InChI=1S/C30H36FN5O2/c1-23-10-11-32-29(20-23)27-22-25(35-12-3-2-4-13-35)8-9-28(27)33-30(37)24-6-5-7-26(21-24)36(31)15-14-34-16-18-38-19-17-34/h5-11,20-22H,2-4,12-19H2,1H3,(H,33,37). The van der Waals surface area contributed by atoms with Crippen LogP contribution in [0.3, 0.4) is 0 Å². The number of nitrogens with zero attached hydrogens (tertiary/aromatic N) is 4. The second-order valence-corrected chi connectivity index (χ2v) is 10.0. The first kappa shape index (κ1) is 26.1.